The van der Waals surface area contributed by atoms with E-state index in [9.17, 15) is 25.9 Å². The summed E-state index contributed by atoms with van der Waals surface area (Å²) in [5, 5.41) is 3.12. The minimum atomic E-state index is -4.53. The van der Waals surface area contributed by atoms with Gasteiger partial charge in [-0.05, 0) is 96.5 Å². The van der Waals surface area contributed by atoms with Crippen LogP contribution >= 0.6 is 0 Å². The van der Waals surface area contributed by atoms with E-state index in [0.29, 0.717) is 10.8 Å². The summed E-state index contributed by atoms with van der Waals surface area (Å²) >= 11 is 0. The van der Waals surface area contributed by atoms with Crippen molar-refractivity contribution in [3.63, 3.8) is 0 Å². The Morgan fingerprint density at radius 1 is 0.284 bits per heavy atom. The molecule has 0 aliphatic carbocycles. The van der Waals surface area contributed by atoms with Gasteiger partial charge >= 0.3 is 37.7 Å². The molecule has 0 atom stereocenters. The second-order valence-corrected chi connectivity index (χ2v) is 27.0. The fourth-order valence-corrected chi connectivity index (χ4v) is 13.7. The van der Waals surface area contributed by atoms with Crippen LogP contribution in [0.1, 0.15) is 332 Å². The first-order valence-corrected chi connectivity index (χ1v) is 36.8. The number of benzene rings is 4. The van der Waals surface area contributed by atoms with Crippen molar-refractivity contribution in [1.29, 1.82) is 0 Å². The molecule has 9 heteroatoms. The number of fused-ring (bicyclic) bond motifs is 2. The summed E-state index contributed by atoms with van der Waals surface area (Å²) in [4.78, 5) is -0.0245. The summed E-state index contributed by atoms with van der Waals surface area (Å²) in [6.45, 7) is 9.04. The molecule has 0 aromatic heterocycles. The molecular weight excluding hydrogens is 1060 g/mol. The molecule has 0 unspecified atom stereocenters. The Morgan fingerprint density at radius 2 is 0.494 bits per heavy atom. The van der Waals surface area contributed by atoms with E-state index in [4.69, 9.17) is 0 Å². The number of rotatable bonds is 50. The monoisotopic (exact) mass is 1180 g/mol. The van der Waals surface area contributed by atoms with Gasteiger partial charge in [0, 0.05) is 10.8 Å². The molecule has 0 saturated heterocycles. The molecule has 0 aliphatic heterocycles. The fraction of sp³-hybridized carbons (Fsp3) is 0.722. The molecule has 0 radical (unpaired) electrons. The fourth-order valence-electron chi connectivity index (χ4n) is 12.1. The minimum Gasteiger partial charge on any atom is -0.744 e. The van der Waals surface area contributed by atoms with Gasteiger partial charge in [0.15, 0.2) is 0 Å². The van der Waals surface area contributed by atoms with Gasteiger partial charge in [-0.15, -0.1) is 0 Å². The Kier molecular flexibility index (Phi) is 45.3. The van der Waals surface area contributed by atoms with Crippen LogP contribution in [-0.4, -0.2) is 63.7 Å². The standard InChI is InChI=1S/2C36H60O3S.Ca/c2*1-3-5-7-9-11-13-15-17-19-21-23-26-32-30-34-29-25-28-33(36(34)35(31-32)40(37,38)39)27-24-22-20-18-16-14-12-10-8-6-4-2;/h2*25,28-31H,3-24,26-27H2,1-2H3,(H,37,38,39);/q;;+2/p-2. The van der Waals surface area contributed by atoms with Gasteiger partial charge in [0.25, 0.3) is 0 Å². The normalized spacial score (nSPS) is 11.8. The Balaban J connectivity index is 0.000000547. The van der Waals surface area contributed by atoms with Crippen molar-refractivity contribution in [2.45, 2.75) is 346 Å². The third kappa shape index (κ3) is 35.0. The molecule has 4 rings (SSSR count). The Hall–Kier alpha value is -1.52. The zero-order valence-electron chi connectivity index (χ0n) is 52.7. The van der Waals surface area contributed by atoms with Crippen LogP contribution in [0.2, 0.25) is 0 Å². The first kappa shape index (κ1) is 75.6. The van der Waals surface area contributed by atoms with Crippen LogP contribution in [-0.2, 0) is 45.9 Å². The van der Waals surface area contributed by atoms with Gasteiger partial charge < -0.3 is 9.11 Å². The van der Waals surface area contributed by atoms with Crippen LogP contribution in [0.25, 0.3) is 21.5 Å². The van der Waals surface area contributed by atoms with Crippen LogP contribution in [0.3, 0.4) is 0 Å². The summed E-state index contributed by atoms with van der Waals surface area (Å²) in [6, 6.07) is 19.6. The van der Waals surface area contributed by atoms with Crippen molar-refractivity contribution in [2.24, 2.45) is 0 Å². The smallest absolute Gasteiger partial charge is 0.744 e. The van der Waals surface area contributed by atoms with E-state index in [1.165, 1.54) is 231 Å². The maximum absolute atomic E-state index is 12.3. The van der Waals surface area contributed by atoms with E-state index in [0.717, 1.165) is 110 Å². The predicted octanol–water partition coefficient (Wildman–Crippen LogP) is 22.5. The van der Waals surface area contributed by atoms with Crippen molar-refractivity contribution in [3.05, 3.63) is 82.9 Å². The summed E-state index contributed by atoms with van der Waals surface area (Å²) in [7, 11) is -9.07. The number of hydrogen-bond acceptors (Lipinski definition) is 6. The SMILES string of the molecule is CCCCCCCCCCCCCc1cc(S(=O)(=O)[O-])c2c(CCCCCCCCCCCCC)cccc2c1.CCCCCCCCCCCCCc1cc(S(=O)(=O)[O-])c2c(CCCCCCCCCCCCC)cccc2c1.[Ca+2]. The molecule has 0 amide bonds. The van der Waals surface area contributed by atoms with Gasteiger partial charge in [-0.2, -0.15) is 0 Å². The second kappa shape index (κ2) is 48.6. The molecular formula is C72H118CaO6S2. The molecule has 81 heavy (non-hydrogen) atoms. The molecule has 0 aliphatic rings. The first-order chi connectivity index (χ1) is 38.9. The van der Waals surface area contributed by atoms with E-state index >= 15 is 0 Å². The second-order valence-electron chi connectivity index (χ2n) is 24.3. The Labute approximate surface area is 529 Å². The molecule has 456 valence electrons. The van der Waals surface area contributed by atoms with E-state index in [1.54, 1.807) is 12.1 Å². The van der Waals surface area contributed by atoms with Gasteiger partial charge in [-0.1, -0.05) is 333 Å². The molecule has 0 fully saturated rings. The van der Waals surface area contributed by atoms with Crippen molar-refractivity contribution in [2.75, 3.05) is 0 Å². The van der Waals surface area contributed by atoms with Crippen molar-refractivity contribution in [3.8, 4) is 0 Å². The number of unbranched alkanes of at least 4 members (excludes halogenated alkanes) is 40. The molecule has 6 nitrogen and oxygen atoms in total. The summed E-state index contributed by atoms with van der Waals surface area (Å²) < 4.78 is 73.9. The maximum atomic E-state index is 12.3. The topological polar surface area (TPSA) is 114 Å². The molecule has 0 bridgehead atoms. The van der Waals surface area contributed by atoms with Crippen LogP contribution < -0.4 is 0 Å². The third-order valence-electron chi connectivity index (χ3n) is 16.9. The zero-order valence-corrected chi connectivity index (χ0v) is 56.5. The maximum Gasteiger partial charge on any atom is 2.00 e. The van der Waals surface area contributed by atoms with Crippen LogP contribution in [0, 0.1) is 0 Å². The Morgan fingerprint density at radius 3 is 0.716 bits per heavy atom. The van der Waals surface area contributed by atoms with E-state index in [-0.39, 0.29) is 47.5 Å². The molecule has 0 spiro atoms. The summed E-state index contributed by atoms with van der Waals surface area (Å²) in [5.74, 6) is 0. The quantitative estimate of drug-likeness (QED) is 0.0247. The summed E-state index contributed by atoms with van der Waals surface area (Å²) in [5.41, 5.74) is 3.96. The number of hydrogen-bond donors (Lipinski definition) is 0. The third-order valence-corrected chi connectivity index (χ3v) is 18.7. The van der Waals surface area contributed by atoms with Gasteiger partial charge in [0.05, 0.1) is 9.79 Å². The number of aryl methyl sites for hydroxylation is 4. The van der Waals surface area contributed by atoms with Crippen molar-refractivity contribution >= 4 is 79.5 Å². The molecule has 4 aromatic rings. The average Bonchev–Trinajstić information content (AvgIpc) is 3.47. The largest absolute Gasteiger partial charge is 2.00 e. The molecule has 0 heterocycles. The van der Waals surface area contributed by atoms with Gasteiger partial charge in [-0.25, -0.2) is 16.8 Å². The summed E-state index contributed by atoms with van der Waals surface area (Å²) in [6.07, 6.45) is 60.0. The molecule has 4 aromatic carbocycles. The van der Waals surface area contributed by atoms with Crippen LogP contribution in [0.5, 0.6) is 0 Å². The van der Waals surface area contributed by atoms with Gasteiger partial charge in [-0.3, -0.25) is 0 Å². The predicted molar refractivity (Wildman–Crippen MR) is 350 cm³/mol. The van der Waals surface area contributed by atoms with Crippen LogP contribution in [0.15, 0.2) is 70.5 Å². The average molecular weight is 1180 g/mol. The van der Waals surface area contributed by atoms with Crippen LogP contribution in [0.4, 0.5) is 0 Å². The van der Waals surface area contributed by atoms with E-state index in [1.807, 2.05) is 36.4 Å². The Bertz CT molecular complexity index is 2230. The zero-order chi connectivity index (χ0) is 57.8. The van der Waals surface area contributed by atoms with Crippen molar-refractivity contribution in [1.82, 2.24) is 0 Å². The van der Waals surface area contributed by atoms with E-state index in [2.05, 4.69) is 39.8 Å². The molecule has 0 saturated carbocycles. The molecule has 0 N–H and O–H groups in total. The van der Waals surface area contributed by atoms with E-state index < -0.39 is 20.2 Å². The first-order valence-electron chi connectivity index (χ1n) is 33.9. The minimum absolute atomic E-state index is 0. The van der Waals surface area contributed by atoms with Gasteiger partial charge in [0.2, 0.25) is 0 Å². The van der Waals surface area contributed by atoms with Gasteiger partial charge in [0.1, 0.15) is 20.2 Å². The van der Waals surface area contributed by atoms with Crippen molar-refractivity contribution < 1.29 is 25.9 Å².